The molecule has 1 saturated heterocycles. The largest absolute Gasteiger partial charge is 0.525 e. The van der Waals surface area contributed by atoms with Crippen LogP contribution in [0.15, 0.2) is 24.3 Å². The molecule has 1 aliphatic heterocycles. The molecule has 0 amide bonds. The summed E-state index contributed by atoms with van der Waals surface area (Å²) in [6.45, 7) is 7.57. The normalized spacial score (nSPS) is 20.8. The van der Waals surface area contributed by atoms with Gasteiger partial charge in [-0.25, -0.2) is 4.39 Å². The molecule has 116 valence electrons. The van der Waals surface area contributed by atoms with E-state index < -0.39 is 24.0 Å². The highest BCUT2D eigenvalue weighted by Gasteiger charge is 2.53. The van der Waals surface area contributed by atoms with Gasteiger partial charge in [-0.05, 0) is 33.8 Å². The Morgan fingerprint density at radius 3 is 2.45 bits per heavy atom. The van der Waals surface area contributed by atoms with Crippen molar-refractivity contribution in [3.8, 4) is 0 Å². The Labute approximate surface area is 129 Å². The van der Waals surface area contributed by atoms with Crippen LogP contribution in [0.3, 0.4) is 0 Å². The van der Waals surface area contributed by atoms with Gasteiger partial charge >= 0.3 is 7.12 Å². The first-order valence-electron chi connectivity index (χ1n) is 7.20. The Morgan fingerprint density at radius 1 is 1.18 bits per heavy atom. The summed E-state index contributed by atoms with van der Waals surface area (Å²) >= 11 is 0. The minimum Gasteiger partial charge on any atom is -0.398 e. The number of aryl methyl sites for hydroxylation is 1. The minimum absolute atomic E-state index is 0.475. The highest BCUT2D eigenvalue weighted by Crippen LogP contribution is 2.39. The molecular weight excluding hydrogens is 284 g/mol. The van der Waals surface area contributed by atoms with Gasteiger partial charge in [-0.15, -0.1) is 0 Å². The Hall–Kier alpha value is -1.73. The second-order valence-corrected chi connectivity index (χ2v) is 6.55. The van der Waals surface area contributed by atoms with E-state index in [2.05, 4.69) is 10.1 Å². The van der Waals surface area contributed by atoms with Crippen LogP contribution in [0.2, 0.25) is 0 Å². The maximum atomic E-state index is 14.6. The zero-order valence-corrected chi connectivity index (χ0v) is 13.4. The molecule has 3 heterocycles. The van der Waals surface area contributed by atoms with Gasteiger partial charge in [-0.2, -0.15) is 5.10 Å². The van der Waals surface area contributed by atoms with Crippen LogP contribution in [-0.2, 0) is 16.4 Å². The van der Waals surface area contributed by atoms with Crippen molar-refractivity contribution < 1.29 is 13.7 Å². The van der Waals surface area contributed by atoms with E-state index in [1.165, 1.54) is 6.08 Å². The SMILES string of the molecule is Cn1ncc2c(C=C(F)B3OC(C)(C)C(C)(C)O3)cncc21. The molecule has 5 nitrogen and oxygen atoms in total. The van der Waals surface area contributed by atoms with Crippen LogP contribution < -0.4 is 0 Å². The molecule has 0 aromatic carbocycles. The fraction of sp³-hybridized carbons (Fsp3) is 0.467. The summed E-state index contributed by atoms with van der Waals surface area (Å²) in [4.78, 5) is 4.13. The van der Waals surface area contributed by atoms with Crippen molar-refractivity contribution in [1.29, 1.82) is 0 Å². The molecule has 2 aromatic rings. The summed E-state index contributed by atoms with van der Waals surface area (Å²) < 4.78 is 27.7. The van der Waals surface area contributed by atoms with Gasteiger partial charge in [0.05, 0.1) is 29.1 Å². The van der Waals surface area contributed by atoms with Gasteiger partial charge < -0.3 is 9.31 Å². The average Bonchev–Trinajstić information content (AvgIpc) is 2.89. The van der Waals surface area contributed by atoms with Gasteiger partial charge in [0.1, 0.15) is 5.73 Å². The molecule has 22 heavy (non-hydrogen) atoms. The Kier molecular flexibility index (Phi) is 3.38. The van der Waals surface area contributed by atoms with Crippen molar-refractivity contribution in [2.45, 2.75) is 38.9 Å². The molecule has 0 bridgehead atoms. The molecule has 0 aliphatic carbocycles. The van der Waals surface area contributed by atoms with Crippen LogP contribution in [0.1, 0.15) is 33.3 Å². The summed E-state index contributed by atoms with van der Waals surface area (Å²) in [5.41, 5.74) is -0.117. The summed E-state index contributed by atoms with van der Waals surface area (Å²) in [7, 11) is 0.819. The van der Waals surface area contributed by atoms with Crippen molar-refractivity contribution >= 4 is 24.1 Å². The minimum atomic E-state index is -1.00. The van der Waals surface area contributed by atoms with Crippen LogP contribution in [0, 0.1) is 0 Å². The van der Waals surface area contributed by atoms with Crippen molar-refractivity contribution in [2.24, 2.45) is 7.05 Å². The van der Waals surface area contributed by atoms with E-state index in [9.17, 15) is 4.39 Å². The summed E-state index contributed by atoms with van der Waals surface area (Å²) in [6.07, 6.45) is 6.40. The zero-order valence-electron chi connectivity index (χ0n) is 13.4. The highest BCUT2D eigenvalue weighted by molar-refractivity contribution is 6.54. The fourth-order valence-electron chi connectivity index (χ4n) is 2.37. The molecule has 0 radical (unpaired) electrons. The first-order chi connectivity index (χ1) is 10.2. The van der Waals surface area contributed by atoms with Gasteiger partial charge in [0.25, 0.3) is 0 Å². The second-order valence-electron chi connectivity index (χ2n) is 6.55. The Balaban J connectivity index is 1.95. The van der Waals surface area contributed by atoms with E-state index in [-0.39, 0.29) is 0 Å². The van der Waals surface area contributed by atoms with Crippen molar-refractivity contribution in [1.82, 2.24) is 14.8 Å². The molecule has 0 unspecified atom stereocenters. The van der Waals surface area contributed by atoms with Crippen molar-refractivity contribution in [2.75, 3.05) is 0 Å². The number of pyridine rings is 1. The van der Waals surface area contributed by atoms with E-state index >= 15 is 0 Å². The zero-order chi connectivity index (χ0) is 16.1. The summed E-state index contributed by atoms with van der Waals surface area (Å²) in [5, 5.41) is 5.01. The molecule has 1 fully saturated rings. The van der Waals surface area contributed by atoms with Crippen LogP contribution >= 0.6 is 0 Å². The smallest absolute Gasteiger partial charge is 0.398 e. The number of rotatable bonds is 2. The van der Waals surface area contributed by atoms with Gasteiger partial charge in [-0.1, -0.05) is 0 Å². The Morgan fingerprint density at radius 2 is 1.82 bits per heavy atom. The molecule has 1 aliphatic rings. The topological polar surface area (TPSA) is 49.2 Å². The molecule has 7 heteroatoms. The molecule has 0 saturated carbocycles. The van der Waals surface area contributed by atoms with E-state index in [0.717, 1.165) is 10.9 Å². The second kappa shape index (κ2) is 4.89. The first-order valence-corrected chi connectivity index (χ1v) is 7.20. The van der Waals surface area contributed by atoms with E-state index in [4.69, 9.17) is 9.31 Å². The van der Waals surface area contributed by atoms with Crippen LogP contribution in [0.4, 0.5) is 4.39 Å². The average molecular weight is 303 g/mol. The highest BCUT2D eigenvalue weighted by atomic mass is 19.1. The number of nitrogens with zero attached hydrogens (tertiary/aromatic N) is 3. The quantitative estimate of drug-likeness (QED) is 0.800. The molecule has 0 N–H and O–H groups in total. The number of hydrogen-bond donors (Lipinski definition) is 0. The third-order valence-corrected chi connectivity index (χ3v) is 4.48. The van der Waals surface area contributed by atoms with Gasteiger partial charge in [0.15, 0.2) is 0 Å². The van der Waals surface area contributed by atoms with Crippen LogP contribution in [0.25, 0.3) is 17.0 Å². The lowest BCUT2D eigenvalue weighted by molar-refractivity contribution is 0.00578. The van der Waals surface area contributed by atoms with Gasteiger partial charge in [0.2, 0.25) is 0 Å². The Bertz CT molecular complexity index is 738. The number of fused-ring (bicyclic) bond motifs is 1. The van der Waals surface area contributed by atoms with E-state index in [0.29, 0.717) is 5.56 Å². The van der Waals surface area contributed by atoms with Gasteiger partial charge in [0, 0.05) is 24.2 Å². The van der Waals surface area contributed by atoms with Crippen LogP contribution in [-0.4, -0.2) is 33.1 Å². The number of aromatic nitrogens is 3. The third kappa shape index (κ3) is 2.34. The van der Waals surface area contributed by atoms with Gasteiger partial charge in [-0.3, -0.25) is 9.67 Å². The lowest BCUT2D eigenvalue weighted by Gasteiger charge is -2.32. The maximum absolute atomic E-state index is 14.6. The number of halogens is 1. The maximum Gasteiger partial charge on any atom is 0.525 e. The molecule has 2 aromatic heterocycles. The predicted molar refractivity (Wildman–Crippen MR) is 83.7 cm³/mol. The first kappa shape index (κ1) is 15.2. The molecule has 0 spiro atoms. The molecular formula is C15H19BFN3O2. The van der Waals surface area contributed by atoms with E-state index in [1.807, 2.05) is 34.7 Å². The van der Waals surface area contributed by atoms with Crippen LogP contribution in [0.5, 0.6) is 0 Å². The summed E-state index contributed by atoms with van der Waals surface area (Å²) in [6, 6.07) is 0. The monoisotopic (exact) mass is 303 g/mol. The number of hydrogen-bond acceptors (Lipinski definition) is 4. The third-order valence-electron chi connectivity index (χ3n) is 4.48. The van der Waals surface area contributed by atoms with Crippen molar-refractivity contribution in [3.05, 3.63) is 29.9 Å². The predicted octanol–water partition coefficient (Wildman–Crippen LogP) is 2.91. The summed E-state index contributed by atoms with van der Waals surface area (Å²) in [5.74, 6) is 0. The lowest BCUT2D eigenvalue weighted by Crippen LogP contribution is -2.41. The standard InChI is InChI=1S/C15H19BFN3O2/c1-14(2)15(3,4)22-16(21-14)13(17)6-10-7-18-9-12-11(10)8-19-20(12)5/h6-9H,1-5H3. The van der Waals surface area contributed by atoms with E-state index in [1.54, 1.807) is 23.3 Å². The van der Waals surface area contributed by atoms with Crippen molar-refractivity contribution in [3.63, 3.8) is 0 Å². The fourth-order valence-corrected chi connectivity index (χ4v) is 2.37. The molecule has 3 rings (SSSR count). The lowest BCUT2D eigenvalue weighted by atomic mass is 9.86. The molecule has 0 atom stereocenters.